The summed E-state index contributed by atoms with van der Waals surface area (Å²) in [6.45, 7) is 1.46. The minimum atomic E-state index is -0.0465. The van der Waals surface area contributed by atoms with E-state index in [0.717, 1.165) is 12.1 Å². The van der Waals surface area contributed by atoms with E-state index < -0.39 is 0 Å². The second-order valence-electron chi connectivity index (χ2n) is 5.43. The van der Waals surface area contributed by atoms with Crippen LogP contribution >= 0.6 is 11.3 Å². The van der Waals surface area contributed by atoms with Gasteiger partial charge in [-0.1, -0.05) is 0 Å². The minimum Gasteiger partial charge on any atom is -0.343 e. The van der Waals surface area contributed by atoms with Gasteiger partial charge in [-0.3, -0.25) is 4.79 Å². The molecule has 6 heteroatoms. The number of H-pyrrole nitrogens is 1. The van der Waals surface area contributed by atoms with Crippen molar-refractivity contribution in [2.75, 3.05) is 0 Å². The Labute approximate surface area is 125 Å². The van der Waals surface area contributed by atoms with E-state index in [9.17, 15) is 4.79 Å². The van der Waals surface area contributed by atoms with Gasteiger partial charge in [-0.15, -0.1) is 11.3 Å². The summed E-state index contributed by atoms with van der Waals surface area (Å²) < 4.78 is 2.83. The lowest BCUT2D eigenvalue weighted by molar-refractivity contribution is 0.625. The molecule has 0 aromatic carbocycles. The van der Waals surface area contributed by atoms with Gasteiger partial charge in [0.25, 0.3) is 5.56 Å². The van der Waals surface area contributed by atoms with Gasteiger partial charge < -0.3 is 14.9 Å². The minimum absolute atomic E-state index is 0.0465. The first-order valence-electron chi connectivity index (χ1n) is 7.13. The average molecular weight is 300 g/mol. The monoisotopic (exact) mass is 300 g/mol. The van der Waals surface area contributed by atoms with Gasteiger partial charge in [-0.05, 0) is 36.4 Å². The quantitative estimate of drug-likeness (QED) is 0.758. The Morgan fingerprint density at radius 3 is 3.19 bits per heavy atom. The average Bonchev–Trinajstić information content (AvgIpc) is 2.99. The topological polar surface area (TPSA) is 62.7 Å². The van der Waals surface area contributed by atoms with Crippen molar-refractivity contribution in [1.82, 2.24) is 19.9 Å². The largest absolute Gasteiger partial charge is 0.343 e. The number of hydrogen-bond donors (Lipinski definition) is 2. The molecule has 108 valence electrons. The molecule has 0 amide bonds. The van der Waals surface area contributed by atoms with Gasteiger partial charge in [0, 0.05) is 24.5 Å². The van der Waals surface area contributed by atoms with Crippen LogP contribution in [0.25, 0.3) is 10.2 Å². The normalized spacial score (nSPS) is 14.9. The van der Waals surface area contributed by atoms with E-state index in [1.54, 1.807) is 0 Å². The molecule has 2 N–H and O–H groups in total. The van der Waals surface area contributed by atoms with Gasteiger partial charge in [0.15, 0.2) is 0 Å². The molecule has 1 aliphatic rings. The molecule has 21 heavy (non-hydrogen) atoms. The molecule has 0 bridgehead atoms. The maximum atomic E-state index is 12.0. The van der Waals surface area contributed by atoms with Crippen molar-refractivity contribution in [3.63, 3.8) is 0 Å². The molecule has 0 atom stereocenters. The lowest BCUT2D eigenvalue weighted by Crippen LogP contribution is -2.19. The summed E-state index contributed by atoms with van der Waals surface area (Å²) >= 11 is 1.43. The van der Waals surface area contributed by atoms with Crippen LogP contribution in [-0.2, 0) is 13.1 Å². The first-order chi connectivity index (χ1) is 10.3. The highest BCUT2D eigenvalue weighted by Crippen LogP contribution is 2.19. The molecule has 0 spiro atoms. The Morgan fingerprint density at radius 2 is 2.33 bits per heavy atom. The standard InChI is InChI=1S/C15H16N4OS/c20-15-14-12(5-7-21-14)17-13(18-15)9-19-6-1-2-11(19)8-16-10-3-4-10/h1-2,5-7,10,16H,3-4,8-9H2,(H,17,18,20). The van der Waals surface area contributed by atoms with Crippen molar-refractivity contribution in [3.8, 4) is 0 Å². The van der Waals surface area contributed by atoms with Crippen molar-refractivity contribution in [2.24, 2.45) is 0 Å². The fraction of sp³-hybridized carbons (Fsp3) is 0.333. The van der Waals surface area contributed by atoms with Crippen LogP contribution in [0.5, 0.6) is 0 Å². The predicted octanol–water partition coefficient (Wildman–Crippen LogP) is 2.09. The third-order valence-electron chi connectivity index (χ3n) is 3.76. The van der Waals surface area contributed by atoms with Crippen molar-refractivity contribution < 1.29 is 0 Å². The molecule has 5 nitrogen and oxygen atoms in total. The van der Waals surface area contributed by atoms with Gasteiger partial charge >= 0.3 is 0 Å². The number of thiophene rings is 1. The number of nitrogens with zero attached hydrogens (tertiary/aromatic N) is 2. The Balaban J connectivity index is 1.58. The SMILES string of the molecule is O=c1[nH]c(Cn2cccc2CNC2CC2)nc2ccsc12. The third kappa shape index (κ3) is 2.64. The highest BCUT2D eigenvalue weighted by Gasteiger charge is 2.20. The number of aromatic amines is 1. The Bertz CT molecular complexity index is 827. The Hall–Kier alpha value is -1.92. The van der Waals surface area contributed by atoms with Crippen molar-refractivity contribution >= 4 is 21.6 Å². The predicted molar refractivity (Wildman–Crippen MR) is 83.6 cm³/mol. The van der Waals surface area contributed by atoms with Gasteiger partial charge in [-0.2, -0.15) is 0 Å². The molecule has 0 radical (unpaired) electrons. The summed E-state index contributed by atoms with van der Waals surface area (Å²) in [5.74, 6) is 0.703. The van der Waals surface area contributed by atoms with Crippen LogP contribution < -0.4 is 10.9 Å². The van der Waals surface area contributed by atoms with E-state index in [4.69, 9.17) is 0 Å². The van der Waals surface area contributed by atoms with E-state index >= 15 is 0 Å². The summed E-state index contributed by atoms with van der Waals surface area (Å²) in [5, 5.41) is 5.41. The van der Waals surface area contributed by atoms with Gasteiger partial charge in [0.05, 0.1) is 12.1 Å². The zero-order chi connectivity index (χ0) is 14.2. The second kappa shape index (κ2) is 5.13. The molecular weight excluding hydrogens is 284 g/mol. The van der Waals surface area contributed by atoms with Crippen LogP contribution in [0.1, 0.15) is 24.4 Å². The second-order valence-corrected chi connectivity index (χ2v) is 6.35. The van der Waals surface area contributed by atoms with E-state index in [1.807, 2.05) is 23.7 Å². The van der Waals surface area contributed by atoms with Gasteiger partial charge in [0.1, 0.15) is 10.5 Å². The first kappa shape index (κ1) is 12.8. The fourth-order valence-electron chi connectivity index (χ4n) is 2.46. The lowest BCUT2D eigenvalue weighted by atomic mass is 10.4. The van der Waals surface area contributed by atoms with Crippen LogP contribution in [-0.4, -0.2) is 20.6 Å². The zero-order valence-corrected chi connectivity index (χ0v) is 12.3. The molecule has 4 rings (SSSR count). The van der Waals surface area contributed by atoms with Crippen LogP contribution in [0.4, 0.5) is 0 Å². The lowest BCUT2D eigenvalue weighted by Gasteiger charge is -2.09. The van der Waals surface area contributed by atoms with Crippen molar-refractivity contribution in [2.45, 2.75) is 32.0 Å². The molecule has 1 saturated carbocycles. The summed E-state index contributed by atoms with van der Waals surface area (Å²) in [7, 11) is 0. The number of fused-ring (bicyclic) bond motifs is 1. The Morgan fingerprint density at radius 1 is 1.43 bits per heavy atom. The summed E-state index contributed by atoms with van der Waals surface area (Å²) in [6.07, 6.45) is 4.59. The Kier molecular flexibility index (Phi) is 3.12. The summed E-state index contributed by atoms with van der Waals surface area (Å²) in [6, 6.07) is 6.72. The smallest absolute Gasteiger partial charge is 0.268 e. The molecule has 0 unspecified atom stereocenters. The van der Waals surface area contributed by atoms with Crippen molar-refractivity contribution in [3.05, 3.63) is 51.6 Å². The maximum Gasteiger partial charge on any atom is 0.268 e. The molecule has 1 fully saturated rings. The van der Waals surface area contributed by atoms with Crippen LogP contribution in [0.2, 0.25) is 0 Å². The van der Waals surface area contributed by atoms with E-state index in [2.05, 4.69) is 25.9 Å². The summed E-state index contributed by atoms with van der Waals surface area (Å²) in [5.41, 5.74) is 1.95. The van der Waals surface area contributed by atoms with Gasteiger partial charge in [-0.25, -0.2) is 4.98 Å². The van der Waals surface area contributed by atoms with E-state index in [1.165, 1.54) is 29.9 Å². The molecule has 3 aromatic heterocycles. The maximum absolute atomic E-state index is 12.0. The van der Waals surface area contributed by atoms with E-state index in [-0.39, 0.29) is 5.56 Å². The van der Waals surface area contributed by atoms with Gasteiger partial charge in [0.2, 0.25) is 0 Å². The highest BCUT2D eigenvalue weighted by molar-refractivity contribution is 7.17. The molecule has 1 aliphatic carbocycles. The van der Waals surface area contributed by atoms with Crippen LogP contribution in [0.15, 0.2) is 34.6 Å². The number of aromatic nitrogens is 3. The molecule has 3 heterocycles. The molecule has 0 saturated heterocycles. The number of nitrogens with one attached hydrogen (secondary N) is 2. The van der Waals surface area contributed by atoms with Crippen LogP contribution in [0, 0.1) is 0 Å². The number of rotatable bonds is 5. The fourth-order valence-corrected chi connectivity index (χ4v) is 3.18. The van der Waals surface area contributed by atoms with E-state index in [0.29, 0.717) is 23.1 Å². The number of hydrogen-bond acceptors (Lipinski definition) is 4. The van der Waals surface area contributed by atoms with Crippen LogP contribution in [0.3, 0.4) is 0 Å². The summed E-state index contributed by atoms with van der Waals surface area (Å²) in [4.78, 5) is 19.4. The molecule has 0 aliphatic heterocycles. The third-order valence-corrected chi connectivity index (χ3v) is 4.66. The highest BCUT2D eigenvalue weighted by atomic mass is 32.1. The molecule has 3 aromatic rings. The zero-order valence-electron chi connectivity index (χ0n) is 11.5. The molecular formula is C15H16N4OS. The first-order valence-corrected chi connectivity index (χ1v) is 8.01. The van der Waals surface area contributed by atoms with Crippen molar-refractivity contribution in [1.29, 1.82) is 0 Å².